The van der Waals surface area contributed by atoms with Crippen molar-refractivity contribution < 1.29 is 9.59 Å². The Morgan fingerprint density at radius 3 is 2.52 bits per heavy atom. The summed E-state index contributed by atoms with van der Waals surface area (Å²) in [5, 5.41) is 14.1. The van der Waals surface area contributed by atoms with Crippen LogP contribution in [0.1, 0.15) is 42.4 Å². The van der Waals surface area contributed by atoms with E-state index < -0.39 is 0 Å². The molecule has 0 saturated heterocycles. The number of hydrogen-bond donors (Lipinski definition) is 2. The van der Waals surface area contributed by atoms with Crippen molar-refractivity contribution in [1.82, 2.24) is 25.2 Å². The summed E-state index contributed by atoms with van der Waals surface area (Å²) in [5.74, 6) is -0.223. The van der Waals surface area contributed by atoms with E-state index in [4.69, 9.17) is 0 Å². The summed E-state index contributed by atoms with van der Waals surface area (Å²) in [6.07, 6.45) is 3.66. The zero-order chi connectivity index (χ0) is 19.4. The minimum Gasteiger partial charge on any atom is -0.348 e. The Kier molecular flexibility index (Phi) is 5.85. The number of rotatable bonds is 8. The van der Waals surface area contributed by atoms with Gasteiger partial charge in [-0.25, -0.2) is 4.68 Å². The predicted molar refractivity (Wildman–Crippen MR) is 103 cm³/mol. The molecule has 0 aliphatic heterocycles. The van der Waals surface area contributed by atoms with Crippen molar-refractivity contribution in [3.05, 3.63) is 35.7 Å². The molecule has 0 unspecified atom stereocenters. The fourth-order valence-electron chi connectivity index (χ4n) is 2.80. The molecule has 144 valence electrons. The molecular weight excluding hydrogens is 344 g/mol. The molecule has 3 rings (SSSR count). The summed E-state index contributed by atoms with van der Waals surface area (Å²) >= 11 is 0. The van der Waals surface area contributed by atoms with Crippen molar-refractivity contribution >= 4 is 17.5 Å². The molecule has 1 aliphatic carbocycles. The van der Waals surface area contributed by atoms with Crippen LogP contribution in [-0.4, -0.2) is 58.4 Å². The molecule has 1 saturated carbocycles. The second-order valence-electron chi connectivity index (χ2n) is 7.13. The lowest BCUT2D eigenvalue weighted by molar-refractivity contribution is -0.116. The first kappa shape index (κ1) is 19.0. The molecule has 1 aromatic carbocycles. The van der Waals surface area contributed by atoms with Gasteiger partial charge in [0.15, 0.2) is 5.69 Å². The highest BCUT2D eigenvalue weighted by Crippen LogP contribution is 2.21. The molecule has 2 amide bonds. The number of amides is 2. The second kappa shape index (κ2) is 8.30. The molecule has 1 heterocycles. The third-order valence-electron chi connectivity index (χ3n) is 4.23. The van der Waals surface area contributed by atoms with Crippen LogP contribution < -0.4 is 10.6 Å². The lowest BCUT2D eigenvalue weighted by Gasteiger charge is -2.11. The van der Waals surface area contributed by atoms with Crippen LogP contribution in [0.2, 0.25) is 0 Å². The van der Waals surface area contributed by atoms with E-state index in [1.165, 1.54) is 0 Å². The zero-order valence-electron chi connectivity index (χ0n) is 16.0. The minimum absolute atomic E-state index is 0.0702. The van der Waals surface area contributed by atoms with Crippen LogP contribution in [0.5, 0.6) is 0 Å². The number of carbonyl (C=O) groups is 2. The van der Waals surface area contributed by atoms with Crippen LogP contribution in [0.15, 0.2) is 24.3 Å². The highest BCUT2D eigenvalue weighted by atomic mass is 16.2. The van der Waals surface area contributed by atoms with Crippen molar-refractivity contribution in [2.75, 3.05) is 26.0 Å². The van der Waals surface area contributed by atoms with E-state index in [0.29, 0.717) is 18.7 Å². The molecule has 0 atom stereocenters. The average molecular weight is 370 g/mol. The monoisotopic (exact) mass is 370 g/mol. The smallest absolute Gasteiger partial charge is 0.273 e. The Balaban J connectivity index is 1.77. The molecule has 1 fully saturated rings. The van der Waals surface area contributed by atoms with E-state index in [1.807, 2.05) is 43.3 Å². The molecule has 2 N–H and O–H groups in total. The summed E-state index contributed by atoms with van der Waals surface area (Å²) < 4.78 is 1.71. The number of anilines is 1. The molecule has 1 aromatic heterocycles. The van der Waals surface area contributed by atoms with Crippen LogP contribution in [0.25, 0.3) is 5.69 Å². The van der Waals surface area contributed by atoms with E-state index in [1.54, 1.807) is 4.68 Å². The summed E-state index contributed by atoms with van der Waals surface area (Å²) in [6, 6.07) is 7.65. The summed E-state index contributed by atoms with van der Waals surface area (Å²) in [6.45, 7) is 2.38. The molecule has 1 aliphatic rings. The second-order valence-corrected chi connectivity index (χ2v) is 7.13. The molecule has 0 radical (unpaired) electrons. The lowest BCUT2D eigenvalue weighted by atomic mass is 10.2. The van der Waals surface area contributed by atoms with Gasteiger partial charge in [-0.2, -0.15) is 0 Å². The number of benzene rings is 1. The Morgan fingerprint density at radius 1 is 1.22 bits per heavy atom. The van der Waals surface area contributed by atoms with Gasteiger partial charge < -0.3 is 15.5 Å². The van der Waals surface area contributed by atoms with Gasteiger partial charge >= 0.3 is 0 Å². The Labute approximate surface area is 158 Å². The first-order valence-corrected chi connectivity index (χ1v) is 9.28. The topological polar surface area (TPSA) is 92.1 Å². The molecule has 2 aromatic rings. The van der Waals surface area contributed by atoms with Gasteiger partial charge in [0, 0.05) is 11.7 Å². The van der Waals surface area contributed by atoms with Gasteiger partial charge in [0.2, 0.25) is 5.91 Å². The molecule has 27 heavy (non-hydrogen) atoms. The predicted octanol–water partition coefficient (Wildman–Crippen LogP) is 1.61. The number of aromatic nitrogens is 3. The summed E-state index contributed by atoms with van der Waals surface area (Å²) in [5.41, 5.74) is 2.73. The maximum Gasteiger partial charge on any atom is 0.273 e. The Morgan fingerprint density at radius 2 is 1.93 bits per heavy atom. The van der Waals surface area contributed by atoms with E-state index in [9.17, 15) is 9.59 Å². The van der Waals surface area contributed by atoms with Crippen molar-refractivity contribution in [3.8, 4) is 5.69 Å². The van der Waals surface area contributed by atoms with Gasteiger partial charge in [0.1, 0.15) is 0 Å². The maximum atomic E-state index is 12.4. The van der Waals surface area contributed by atoms with Crippen LogP contribution in [0, 0.1) is 0 Å². The minimum atomic E-state index is -0.153. The zero-order valence-corrected chi connectivity index (χ0v) is 16.0. The average Bonchev–Trinajstić information content (AvgIpc) is 3.32. The third-order valence-corrected chi connectivity index (χ3v) is 4.23. The highest BCUT2D eigenvalue weighted by molar-refractivity contribution is 5.94. The van der Waals surface area contributed by atoms with Gasteiger partial charge in [-0.15, -0.1) is 5.10 Å². The van der Waals surface area contributed by atoms with Gasteiger partial charge in [0.25, 0.3) is 5.91 Å². The van der Waals surface area contributed by atoms with Gasteiger partial charge in [-0.05, 0) is 57.6 Å². The van der Waals surface area contributed by atoms with Gasteiger partial charge in [0.05, 0.1) is 17.9 Å². The first-order valence-electron chi connectivity index (χ1n) is 9.28. The van der Waals surface area contributed by atoms with E-state index in [0.717, 1.165) is 36.3 Å². The number of nitrogens with zero attached hydrogens (tertiary/aromatic N) is 4. The number of carbonyl (C=O) groups excluding carboxylic acids is 2. The van der Waals surface area contributed by atoms with Crippen LogP contribution in [0.3, 0.4) is 0 Å². The molecule has 8 heteroatoms. The van der Waals surface area contributed by atoms with Crippen LogP contribution in [0.4, 0.5) is 5.69 Å². The standard InChI is InChI=1S/C19H26N6O2/c1-4-5-16-18(19(27)21-14-6-7-14)22-23-25(16)15-10-8-13(9-11-15)20-17(26)12-24(2)3/h8-11,14H,4-7,12H2,1-3H3,(H,20,26)(H,21,27). The third kappa shape index (κ3) is 4.91. The maximum absolute atomic E-state index is 12.4. The fraction of sp³-hybridized carbons (Fsp3) is 0.474. The quantitative estimate of drug-likeness (QED) is 0.737. The van der Waals surface area contributed by atoms with Crippen molar-refractivity contribution in [2.24, 2.45) is 0 Å². The normalized spacial score (nSPS) is 13.6. The Hall–Kier alpha value is -2.74. The van der Waals surface area contributed by atoms with Gasteiger partial charge in [-0.3, -0.25) is 9.59 Å². The number of likely N-dealkylation sites (N-methyl/N-ethyl adjacent to an activating group) is 1. The number of nitrogens with one attached hydrogen (secondary N) is 2. The summed E-state index contributed by atoms with van der Waals surface area (Å²) in [4.78, 5) is 26.1. The van der Waals surface area contributed by atoms with Crippen molar-refractivity contribution in [3.63, 3.8) is 0 Å². The van der Waals surface area contributed by atoms with Crippen LogP contribution >= 0.6 is 0 Å². The van der Waals surface area contributed by atoms with Crippen molar-refractivity contribution in [1.29, 1.82) is 0 Å². The van der Waals surface area contributed by atoms with Crippen LogP contribution in [-0.2, 0) is 11.2 Å². The molecule has 0 bridgehead atoms. The van der Waals surface area contributed by atoms with Gasteiger partial charge in [-0.1, -0.05) is 18.6 Å². The lowest BCUT2D eigenvalue weighted by Crippen LogP contribution is -2.27. The SMILES string of the molecule is CCCc1c(C(=O)NC2CC2)nnn1-c1ccc(NC(=O)CN(C)C)cc1. The molecule has 8 nitrogen and oxygen atoms in total. The van der Waals surface area contributed by atoms with E-state index >= 15 is 0 Å². The summed E-state index contributed by atoms with van der Waals surface area (Å²) in [7, 11) is 3.69. The van der Waals surface area contributed by atoms with Crippen molar-refractivity contribution in [2.45, 2.75) is 38.6 Å². The fourth-order valence-corrected chi connectivity index (χ4v) is 2.80. The van der Waals surface area contributed by atoms with E-state index in [-0.39, 0.29) is 17.9 Å². The molecular formula is C19H26N6O2. The Bertz CT molecular complexity index is 808. The van der Waals surface area contributed by atoms with E-state index in [2.05, 4.69) is 27.9 Å². The number of hydrogen-bond acceptors (Lipinski definition) is 5. The largest absolute Gasteiger partial charge is 0.348 e. The highest BCUT2D eigenvalue weighted by Gasteiger charge is 2.27. The first-order chi connectivity index (χ1) is 13.0. The molecule has 0 spiro atoms.